The first-order chi connectivity index (χ1) is 7.44. The van der Waals surface area contributed by atoms with Gasteiger partial charge < -0.3 is 11.1 Å². The fourth-order valence-corrected chi connectivity index (χ4v) is 2.19. The molecule has 0 saturated heterocycles. The van der Waals surface area contributed by atoms with Crippen LogP contribution in [0.15, 0.2) is 5.38 Å². The molecule has 6 nitrogen and oxygen atoms in total. The van der Waals surface area contributed by atoms with Gasteiger partial charge in [0.05, 0.1) is 5.75 Å². The molecule has 16 heavy (non-hydrogen) atoms. The normalized spacial score (nSPS) is 11.3. The average Bonchev–Trinajstić information content (AvgIpc) is 2.64. The predicted molar refractivity (Wildman–Crippen MR) is 63.2 cm³/mol. The van der Waals surface area contributed by atoms with Crippen LogP contribution in [0.4, 0.5) is 5.13 Å². The fraction of sp³-hybridized carbons (Fsp3) is 0.500. The highest BCUT2D eigenvalue weighted by atomic mass is 32.2. The number of thiazole rings is 1. The van der Waals surface area contributed by atoms with Crippen molar-refractivity contribution in [3.63, 3.8) is 0 Å². The van der Waals surface area contributed by atoms with Crippen molar-refractivity contribution < 1.29 is 13.2 Å². The largest absolute Gasteiger partial charge is 0.375 e. The van der Waals surface area contributed by atoms with Crippen molar-refractivity contribution >= 4 is 32.2 Å². The quantitative estimate of drug-likeness (QED) is 0.771. The van der Waals surface area contributed by atoms with E-state index in [4.69, 9.17) is 5.73 Å². The predicted octanol–water partition coefficient (Wildman–Crippen LogP) is -0.110. The lowest BCUT2D eigenvalue weighted by atomic mass is 10.4. The number of rotatable bonds is 5. The minimum absolute atomic E-state index is 0.0607. The van der Waals surface area contributed by atoms with Gasteiger partial charge in [-0.2, -0.15) is 0 Å². The van der Waals surface area contributed by atoms with E-state index in [2.05, 4.69) is 10.3 Å². The van der Waals surface area contributed by atoms with Gasteiger partial charge in [0.15, 0.2) is 15.0 Å². The van der Waals surface area contributed by atoms with E-state index in [0.29, 0.717) is 5.13 Å². The summed E-state index contributed by atoms with van der Waals surface area (Å²) in [5, 5.41) is 4.31. The SMILES string of the molecule is CCS(=O)(=O)CCNC(=O)c1csc(N)n1. The number of carbonyl (C=O) groups excluding carboxylic acids is 1. The molecule has 0 radical (unpaired) electrons. The third-order valence-electron chi connectivity index (χ3n) is 1.89. The highest BCUT2D eigenvalue weighted by Gasteiger charge is 2.11. The van der Waals surface area contributed by atoms with Crippen molar-refractivity contribution in [2.45, 2.75) is 6.92 Å². The van der Waals surface area contributed by atoms with Gasteiger partial charge in [0.25, 0.3) is 5.91 Å². The first kappa shape index (κ1) is 12.9. The molecule has 0 atom stereocenters. The summed E-state index contributed by atoms with van der Waals surface area (Å²) in [5.74, 6) is -0.388. The van der Waals surface area contributed by atoms with Gasteiger partial charge in [-0.1, -0.05) is 6.92 Å². The first-order valence-corrected chi connectivity index (χ1v) is 7.34. The Bertz CT molecular complexity index is 467. The number of nitrogen functional groups attached to an aromatic ring is 1. The maximum Gasteiger partial charge on any atom is 0.270 e. The molecule has 0 bridgehead atoms. The molecule has 0 aliphatic rings. The molecule has 0 aliphatic carbocycles. The standard InChI is InChI=1S/C8H13N3O3S2/c1-2-16(13,14)4-3-10-7(12)6-5-15-8(9)11-6/h5H,2-4H2,1H3,(H2,9,11)(H,10,12). The van der Waals surface area contributed by atoms with Crippen LogP contribution in [0.5, 0.6) is 0 Å². The topological polar surface area (TPSA) is 102 Å². The molecule has 0 unspecified atom stereocenters. The number of nitrogens with zero attached hydrogens (tertiary/aromatic N) is 1. The van der Waals surface area contributed by atoms with Crippen molar-refractivity contribution in [3.8, 4) is 0 Å². The smallest absolute Gasteiger partial charge is 0.270 e. The zero-order valence-corrected chi connectivity index (χ0v) is 10.4. The summed E-state index contributed by atoms with van der Waals surface area (Å²) in [4.78, 5) is 15.2. The molecule has 0 fully saturated rings. The Balaban J connectivity index is 2.43. The molecule has 1 aromatic rings. The van der Waals surface area contributed by atoms with Gasteiger partial charge >= 0.3 is 0 Å². The molecule has 0 saturated carbocycles. The van der Waals surface area contributed by atoms with Gasteiger partial charge in [0, 0.05) is 17.7 Å². The zero-order chi connectivity index (χ0) is 12.2. The summed E-state index contributed by atoms with van der Waals surface area (Å²) in [6.45, 7) is 1.66. The Morgan fingerprint density at radius 2 is 2.31 bits per heavy atom. The number of anilines is 1. The van der Waals surface area contributed by atoms with E-state index in [-0.39, 0.29) is 23.7 Å². The number of carbonyl (C=O) groups is 1. The Morgan fingerprint density at radius 1 is 1.62 bits per heavy atom. The fourth-order valence-electron chi connectivity index (χ4n) is 0.947. The van der Waals surface area contributed by atoms with Gasteiger partial charge in [-0.3, -0.25) is 4.79 Å². The van der Waals surface area contributed by atoms with Gasteiger partial charge in [-0.25, -0.2) is 13.4 Å². The lowest BCUT2D eigenvalue weighted by Crippen LogP contribution is -2.29. The number of aromatic nitrogens is 1. The molecule has 1 heterocycles. The van der Waals surface area contributed by atoms with E-state index < -0.39 is 15.7 Å². The van der Waals surface area contributed by atoms with Crippen molar-refractivity contribution in [3.05, 3.63) is 11.1 Å². The number of hydrogen-bond donors (Lipinski definition) is 2. The highest BCUT2D eigenvalue weighted by molar-refractivity contribution is 7.91. The molecule has 0 aliphatic heterocycles. The Hall–Kier alpha value is -1.15. The van der Waals surface area contributed by atoms with Crippen LogP contribution >= 0.6 is 11.3 Å². The van der Waals surface area contributed by atoms with Gasteiger partial charge in [0.2, 0.25) is 0 Å². The van der Waals surface area contributed by atoms with Crippen molar-refractivity contribution in [2.75, 3.05) is 23.8 Å². The third kappa shape index (κ3) is 3.78. The van der Waals surface area contributed by atoms with Crippen LogP contribution in [0.25, 0.3) is 0 Å². The van der Waals surface area contributed by atoms with E-state index in [1.807, 2.05) is 0 Å². The van der Waals surface area contributed by atoms with Crippen LogP contribution in [-0.4, -0.2) is 37.4 Å². The summed E-state index contributed by atoms with van der Waals surface area (Å²) in [7, 11) is -3.05. The van der Waals surface area contributed by atoms with E-state index in [1.165, 1.54) is 5.38 Å². The lowest BCUT2D eigenvalue weighted by Gasteiger charge is -2.02. The molecule has 1 aromatic heterocycles. The molecule has 3 N–H and O–H groups in total. The Morgan fingerprint density at radius 3 is 2.81 bits per heavy atom. The van der Waals surface area contributed by atoms with Gasteiger partial charge in [0.1, 0.15) is 5.69 Å². The van der Waals surface area contributed by atoms with E-state index in [0.717, 1.165) is 11.3 Å². The van der Waals surface area contributed by atoms with E-state index in [1.54, 1.807) is 6.92 Å². The van der Waals surface area contributed by atoms with Crippen molar-refractivity contribution in [1.29, 1.82) is 0 Å². The Labute approximate surface area is 97.8 Å². The summed E-state index contributed by atoms with van der Waals surface area (Å²) in [6.07, 6.45) is 0. The molecule has 8 heteroatoms. The molecule has 0 aromatic carbocycles. The second-order valence-corrected chi connectivity index (χ2v) is 6.43. The van der Waals surface area contributed by atoms with Gasteiger partial charge in [-0.15, -0.1) is 11.3 Å². The number of nitrogens with two attached hydrogens (primary N) is 1. The number of nitrogens with one attached hydrogen (secondary N) is 1. The van der Waals surface area contributed by atoms with Crippen LogP contribution in [0.2, 0.25) is 0 Å². The van der Waals surface area contributed by atoms with E-state index in [9.17, 15) is 13.2 Å². The van der Waals surface area contributed by atoms with Crippen LogP contribution in [-0.2, 0) is 9.84 Å². The van der Waals surface area contributed by atoms with Gasteiger partial charge in [-0.05, 0) is 0 Å². The maximum absolute atomic E-state index is 11.4. The minimum atomic E-state index is -3.05. The van der Waals surface area contributed by atoms with Crippen LogP contribution in [0.3, 0.4) is 0 Å². The molecule has 0 spiro atoms. The van der Waals surface area contributed by atoms with Crippen molar-refractivity contribution in [1.82, 2.24) is 10.3 Å². The summed E-state index contributed by atoms with van der Waals surface area (Å²) < 4.78 is 22.3. The monoisotopic (exact) mass is 263 g/mol. The lowest BCUT2D eigenvalue weighted by molar-refractivity contribution is 0.0952. The number of amides is 1. The number of hydrogen-bond acceptors (Lipinski definition) is 6. The first-order valence-electron chi connectivity index (χ1n) is 4.64. The second kappa shape index (κ2) is 5.26. The van der Waals surface area contributed by atoms with Crippen molar-refractivity contribution in [2.24, 2.45) is 0 Å². The second-order valence-electron chi connectivity index (χ2n) is 3.06. The minimum Gasteiger partial charge on any atom is -0.375 e. The molecule has 1 rings (SSSR count). The number of sulfone groups is 1. The van der Waals surface area contributed by atoms with E-state index >= 15 is 0 Å². The maximum atomic E-state index is 11.4. The van der Waals surface area contributed by atoms with Crippen LogP contribution in [0.1, 0.15) is 17.4 Å². The Kier molecular flexibility index (Phi) is 4.25. The zero-order valence-electron chi connectivity index (χ0n) is 8.76. The molecule has 1 amide bonds. The highest BCUT2D eigenvalue weighted by Crippen LogP contribution is 2.10. The van der Waals surface area contributed by atoms with Crippen LogP contribution in [0, 0.1) is 0 Å². The average molecular weight is 263 g/mol. The van der Waals surface area contributed by atoms with Crippen LogP contribution < -0.4 is 11.1 Å². The third-order valence-corrected chi connectivity index (χ3v) is 4.27. The molecular weight excluding hydrogens is 250 g/mol. The summed E-state index contributed by atoms with van der Waals surface area (Å²) >= 11 is 1.16. The molecular formula is C8H13N3O3S2. The molecule has 90 valence electrons. The summed E-state index contributed by atoms with van der Waals surface area (Å²) in [5.41, 5.74) is 5.59. The summed E-state index contributed by atoms with van der Waals surface area (Å²) in [6, 6.07) is 0.